The van der Waals surface area contributed by atoms with Crippen LogP contribution in [-0.2, 0) is 7.05 Å². The van der Waals surface area contributed by atoms with Crippen molar-refractivity contribution >= 4 is 27.2 Å². The summed E-state index contributed by atoms with van der Waals surface area (Å²) in [6.45, 7) is 1.78. The molecule has 0 aliphatic rings. The van der Waals surface area contributed by atoms with Crippen LogP contribution in [0.5, 0.6) is 0 Å². The highest BCUT2D eigenvalue weighted by Crippen LogP contribution is 2.21. The predicted molar refractivity (Wildman–Crippen MR) is 58.3 cm³/mol. The number of aromatic nitrogens is 4. The molecule has 3 aromatic rings. The zero-order valence-corrected chi connectivity index (χ0v) is 9.08. The molecule has 3 aromatic heterocycles. The third kappa shape index (κ3) is 0.940. The SMILES string of the molecule is Cc1nnc2c3ccsc3n(C)c(=O)n12. The Hall–Kier alpha value is -1.69. The smallest absolute Gasteiger partial charge is 0.287 e. The number of aryl methyl sites for hydroxylation is 2. The van der Waals surface area contributed by atoms with Gasteiger partial charge in [-0.3, -0.25) is 4.57 Å². The van der Waals surface area contributed by atoms with Crippen LogP contribution in [0.1, 0.15) is 5.82 Å². The molecule has 3 heterocycles. The Balaban J connectivity index is 2.79. The average Bonchev–Trinajstić information content (AvgIpc) is 2.80. The highest BCUT2D eigenvalue weighted by Gasteiger charge is 2.12. The first-order valence-electron chi connectivity index (χ1n) is 4.48. The summed E-state index contributed by atoms with van der Waals surface area (Å²) in [5.41, 5.74) is 0.550. The third-order valence-corrected chi connectivity index (χ3v) is 3.48. The lowest BCUT2D eigenvalue weighted by Crippen LogP contribution is -2.24. The second-order valence-electron chi connectivity index (χ2n) is 3.39. The van der Waals surface area contributed by atoms with Crippen molar-refractivity contribution in [2.45, 2.75) is 6.92 Å². The molecule has 76 valence electrons. The summed E-state index contributed by atoms with van der Waals surface area (Å²) < 4.78 is 3.17. The van der Waals surface area contributed by atoms with Crippen LogP contribution in [0, 0.1) is 6.92 Å². The Kier molecular flexibility index (Phi) is 1.53. The molecule has 5 nitrogen and oxygen atoms in total. The highest BCUT2D eigenvalue weighted by molar-refractivity contribution is 7.16. The molecule has 0 unspecified atom stereocenters. The fourth-order valence-electron chi connectivity index (χ4n) is 1.73. The molecule has 0 N–H and O–H groups in total. The molecule has 0 atom stereocenters. The summed E-state index contributed by atoms with van der Waals surface area (Å²) in [4.78, 5) is 12.9. The molecule has 15 heavy (non-hydrogen) atoms. The van der Waals surface area contributed by atoms with E-state index in [2.05, 4.69) is 10.2 Å². The van der Waals surface area contributed by atoms with Gasteiger partial charge in [-0.15, -0.1) is 21.5 Å². The molecule has 0 aromatic carbocycles. The van der Waals surface area contributed by atoms with Crippen LogP contribution >= 0.6 is 11.3 Å². The van der Waals surface area contributed by atoms with E-state index in [0.29, 0.717) is 11.5 Å². The second kappa shape index (κ2) is 2.66. The minimum absolute atomic E-state index is 0.0950. The third-order valence-electron chi connectivity index (χ3n) is 2.49. The first-order valence-corrected chi connectivity index (χ1v) is 5.36. The lowest BCUT2D eigenvalue weighted by Gasteiger charge is -2.01. The number of hydrogen-bond donors (Lipinski definition) is 0. The molecule has 0 saturated heterocycles. The van der Waals surface area contributed by atoms with Gasteiger partial charge < -0.3 is 0 Å². The monoisotopic (exact) mass is 220 g/mol. The maximum atomic E-state index is 12.0. The van der Waals surface area contributed by atoms with Crippen LogP contribution in [-0.4, -0.2) is 19.2 Å². The van der Waals surface area contributed by atoms with Gasteiger partial charge in [0.1, 0.15) is 10.7 Å². The molecule has 0 bridgehead atoms. The summed E-state index contributed by atoms with van der Waals surface area (Å²) in [6, 6.07) is 1.96. The molecule has 0 saturated carbocycles. The van der Waals surface area contributed by atoms with Gasteiger partial charge in [0.05, 0.1) is 5.39 Å². The quantitative estimate of drug-likeness (QED) is 0.567. The Morgan fingerprint density at radius 1 is 1.40 bits per heavy atom. The van der Waals surface area contributed by atoms with E-state index in [-0.39, 0.29) is 5.69 Å². The zero-order valence-electron chi connectivity index (χ0n) is 8.26. The molecule has 0 spiro atoms. The van der Waals surface area contributed by atoms with Crippen LogP contribution in [0.4, 0.5) is 0 Å². The van der Waals surface area contributed by atoms with Crippen LogP contribution in [0.25, 0.3) is 15.9 Å². The molecule has 0 aliphatic heterocycles. The molecule has 6 heteroatoms. The molecule has 0 fully saturated rings. The second-order valence-corrected chi connectivity index (χ2v) is 4.28. The topological polar surface area (TPSA) is 52.2 Å². The van der Waals surface area contributed by atoms with Gasteiger partial charge in [-0.1, -0.05) is 0 Å². The van der Waals surface area contributed by atoms with E-state index in [1.807, 2.05) is 11.4 Å². The van der Waals surface area contributed by atoms with E-state index >= 15 is 0 Å². The van der Waals surface area contributed by atoms with Crippen molar-refractivity contribution in [3.8, 4) is 0 Å². The van der Waals surface area contributed by atoms with Gasteiger partial charge in [0.2, 0.25) is 0 Å². The van der Waals surface area contributed by atoms with Crippen molar-refractivity contribution in [3.05, 3.63) is 27.8 Å². The van der Waals surface area contributed by atoms with Crippen molar-refractivity contribution < 1.29 is 0 Å². The van der Waals surface area contributed by atoms with Gasteiger partial charge in [-0.05, 0) is 18.4 Å². The van der Waals surface area contributed by atoms with Crippen molar-refractivity contribution in [3.63, 3.8) is 0 Å². The fraction of sp³-hybridized carbons (Fsp3) is 0.222. The van der Waals surface area contributed by atoms with Crippen LogP contribution in [0.3, 0.4) is 0 Å². The summed E-state index contributed by atoms with van der Waals surface area (Å²) in [5.74, 6) is 0.624. The van der Waals surface area contributed by atoms with Gasteiger partial charge in [0.15, 0.2) is 5.65 Å². The zero-order chi connectivity index (χ0) is 10.6. The number of nitrogens with zero attached hydrogens (tertiary/aromatic N) is 4. The van der Waals surface area contributed by atoms with Gasteiger partial charge in [0.25, 0.3) is 0 Å². The molecular weight excluding hydrogens is 212 g/mol. The first-order chi connectivity index (χ1) is 7.20. The number of rotatable bonds is 0. The van der Waals surface area contributed by atoms with Crippen LogP contribution in [0.15, 0.2) is 16.2 Å². The Morgan fingerprint density at radius 2 is 2.20 bits per heavy atom. The molecule has 0 aliphatic carbocycles. The van der Waals surface area contributed by atoms with Crippen LogP contribution in [0.2, 0.25) is 0 Å². The fourth-order valence-corrected chi connectivity index (χ4v) is 2.59. The minimum Gasteiger partial charge on any atom is -0.287 e. The van der Waals surface area contributed by atoms with Gasteiger partial charge in [-0.2, -0.15) is 0 Å². The van der Waals surface area contributed by atoms with E-state index in [1.165, 1.54) is 15.7 Å². The Morgan fingerprint density at radius 3 is 3.00 bits per heavy atom. The number of hydrogen-bond acceptors (Lipinski definition) is 4. The standard InChI is InChI=1S/C9H8N4OS/c1-5-10-11-7-6-3-4-15-8(6)12(2)9(14)13(5)7/h3-4H,1-2H3. The van der Waals surface area contributed by atoms with E-state index in [0.717, 1.165) is 10.2 Å². The lowest BCUT2D eigenvalue weighted by atomic mass is 10.4. The Labute approximate surface area is 88.6 Å². The molecule has 0 radical (unpaired) electrons. The number of fused-ring (bicyclic) bond motifs is 3. The summed E-state index contributed by atoms with van der Waals surface area (Å²) in [5, 5.41) is 10.9. The first kappa shape index (κ1) is 8.60. The highest BCUT2D eigenvalue weighted by atomic mass is 32.1. The largest absolute Gasteiger partial charge is 0.336 e. The summed E-state index contributed by atoms with van der Waals surface area (Å²) >= 11 is 1.53. The predicted octanol–water partition coefficient (Wildman–Crippen LogP) is 0.951. The van der Waals surface area contributed by atoms with Crippen LogP contribution < -0.4 is 5.69 Å². The average molecular weight is 220 g/mol. The Bertz CT molecular complexity index is 721. The van der Waals surface area contributed by atoms with Crippen molar-refractivity contribution in [1.82, 2.24) is 19.2 Å². The number of thiophene rings is 1. The lowest BCUT2D eigenvalue weighted by molar-refractivity contribution is 0.815. The van der Waals surface area contributed by atoms with Crippen molar-refractivity contribution in [1.29, 1.82) is 0 Å². The molecule has 0 amide bonds. The van der Waals surface area contributed by atoms with Crippen molar-refractivity contribution in [2.75, 3.05) is 0 Å². The maximum Gasteiger partial charge on any atom is 0.336 e. The summed E-state index contributed by atoms with van der Waals surface area (Å²) in [6.07, 6.45) is 0. The van der Waals surface area contributed by atoms with E-state index < -0.39 is 0 Å². The molecular formula is C9H8N4OS. The normalized spacial score (nSPS) is 11.6. The molecule has 3 rings (SSSR count). The van der Waals surface area contributed by atoms with E-state index in [9.17, 15) is 4.79 Å². The summed E-state index contributed by atoms with van der Waals surface area (Å²) in [7, 11) is 1.76. The van der Waals surface area contributed by atoms with Gasteiger partial charge in [0, 0.05) is 7.05 Å². The van der Waals surface area contributed by atoms with Gasteiger partial charge in [-0.25, -0.2) is 9.20 Å². The minimum atomic E-state index is -0.0950. The van der Waals surface area contributed by atoms with E-state index in [1.54, 1.807) is 18.5 Å². The maximum absolute atomic E-state index is 12.0. The van der Waals surface area contributed by atoms with Gasteiger partial charge >= 0.3 is 5.69 Å². The van der Waals surface area contributed by atoms with Crippen molar-refractivity contribution in [2.24, 2.45) is 7.05 Å². The van der Waals surface area contributed by atoms with E-state index in [4.69, 9.17) is 0 Å².